The molecule has 0 saturated carbocycles. The van der Waals surface area contributed by atoms with Gasteiger partial charge in [0.25, 0.3) is 0 Å². The van der Waals surface area contributed by atoms with E-state index in [1.54, 1.807) is 0 Å². The van der Waals surface area contributed by atoms with Crippen LogP contribution in [0.3, 0.4) is 0 Å². The maximum absolute atomic E-state index is 10.6. The van der Waals surface area contributed by atoms with Crippen molar-refractivity contribution in [3.63, 3.8) is 0 Å². The fourth-order valence-corrected chi connectivity index (χ4v) is 1.88. The van der Waals surface area contributed by atoms with E-state index in [9.17, 15) is 4.79 Å². The lowest BCUT2D eigenvalue weighted by Crippen LogP contribution is -1.85. The molecule has 108 valence electrons. The first-order valence-corrected chi connectivity index (χ1v) is 7.42. The second kappa shape index (κ2) is 11.0. The molecule has 0 aromatic carbocycles. The van der Waals surface area contributed by atoms with Crippen molar-refractivity contribution in [2.45, 2.75) is 66.2 Å². The summed E-state index contributed by atoms with van der Waals surface area (Å²) in [5.74, 6) is 0. The molecule has 19 heavy (non-hydrogen) atoms. The van der Waals surface area contributed by atoms with Gasteiger partial charge in [0.2, 0.25) is 5.24 Å². The van der Waals surface area contributed by atoms with Crippen LogP contribution in [0.4, 0.5) is 0 Å². The molecule has 0 heterocycles. The Morgan fingerprint density at radius 2 is 1.21 bits per heavy atom. The molecule has 2 heteroatoms. The summed E-state index contributed by atoms with van der Waals surface area (Å²) in [6, 6.07) is 0. The third-order valence-electron chi connectivity index (χ3n) is 2.96. The van der Waals surface area contributed by atoms with Gasteiger partial charge in [0.1, 0.15) is 0 Å². The third kappa shape index (κ3) is 13.4. The normalized spacial score (nSPS) is 12.5. The molecule has 0 atom stereocenters. The van der Waals surface area contributed by atoms with Crippen molar-refractivity contribution >= 4 is 16.8 Å². The standard InChI is InChI=1S/C17H27ClO/c1-14(2)8-5-9-15(3)10-6-11-16(4)12-7-13-17(18)19/h8,10,12H,5-7,9,11,13H2,1-4H3/b15-10+,16-12+. The average Bonchev–Trinajstić information content (AvgIpc) is 2.27. The van der Waals surface area contributed by atoms with Gasteiger partial charge >= 0.3 is 0 Å². The van der Waals surface area contributed by atoms with Gasteiger partial charge in [-0.1, -0.05) is 34.9 Å². The summed E-state index contributed by atoms with van der Waals surface area (Å²) in [5.41, 5.74) is 4.19. The molecule has 0 saturated heterocycles. The predicted molar refractivity (Wildman–Crippen MR) is 85.5 cm³/mol. The van der Waals surface area contributed by atoms with Crippen LogP contribution in [-0.4, -0.2) is 5.24 Å². The van der Waals surface area contributed by atoms with Crippen molar-refractivity contribution in [3.8, 4) is 0 Å². The number of hydrogen-bond donors (Lipinski definition) is 0. The lowest BCUT2D eigenvalue weighted by atomic mass is 10.1. The molecule has 1 nitrogen and oxygen atoms in total. The molecular weight excluding hydrogens is 256 g/mol. The second-order valence-corrected chi connectivity index (χ2v) is 5.78. The van der Waals surface area contributed by atoms with Crippen LogP contribution in [0.25, 0.3) is 0 Å². The van der Waals surface area contributed by atoms with Crippen LogP contribution in [0.15, 0.2) is 34.9 Å². The Morgan fingerprint density at radius 1 is 0.789 bits per heavy atom. The lowest BCUT2D eigenvalue weighted by Gasteiger charge is -2.01. The summed E-state index contributed by atoms with van der Waals surface area (Å²) in [5, 5.41) is -0.251. The maximum atomic E-state index is 10.6. The van der Waals surface area contributed by atoms with E-state index in [1.807, 2.05) is 0 Å². The summed E-state index contributed by atoms with van der Waals surface area (Å²) in [6.07, 6.45) is 12.4. The number of carbonyl (C=O) groups is 1. The molecule has 0 N–H and O–H groups in total. The van der Waals surface area contributed by atoms with E-state index in [1.165, 1.54) is 16.7 Å². The summed E-state index contributed by atoms with van der Waals surface area (Å²) in [4.78, 5) is 10.6. The minimum absolute atomic E-state index is 0.251. The van der Waals surface area contributed by atoms with E-state index in [0.717, 1.165) is 32.1 Å². The fraction of sp³-hybridized carbons (Fsp3) is 0.588. The van der Waals surface area contributed by atoms with Crippen molar-refractivity contribution in [2.24, 2.45) is 0 Å². The summed E-state index contributed by atoms with van der Waals surface area (Å²) in [6.45, 7) is 8.59. The highest BCUT2D eigenvalue weighted by molar-refractivity contribution is 6.63. The number of rotatable bonds is 9. The minimum atomic E-state index is -0.251. The van der Waals surface area contributed by atoms with Crippen LogP contribution in [0, 0.1) is 0 Å². The first-order chi connectivity index (χ1) is 8.91. The monoisotopic (exact) mass is 282 g/mol. The molecule has 0 aliphatic heterocycles. The van der Waals surface area contributed by atoms with Gasteiger partial charge in [-0.3, -0.25) is 4.79 Å². The molecule has 0 unspecified atom stereocenters. The fourth-order valence-electron chi connectivity index (χ4n) is 1.77. The minimum Gasteiger partial charge on any atom is -0.281 e. The van der Waals surface area contributed by atoms with Gasteiger partial charge in [0.15, 0.2) is 0 Å². The Hall–Kier alpha value is -0.820. The summed E-state index contributed by atoms with van der Waals surface area (Å²) < 4.78 is 0. The van der Waals surface area contributed by atoms with Crippen LogP contribution in [0.2, 0.25) is 0 Å². The number of carbonyl (C=O) groups excluding carboxylic acids is 1. The Labute approximate surface area is 123 Å². The van der Waals surface area contributed by atoms with Crippen LogP contribution in [0.5, 0.6) is 0 Å². The van der Waals surface area contributed by atoms with Crippen molar-refractivity contribution in [3.05, 3.63) is 34.9 Å². The summed E-state index contributed by atoms with van der Waals surface area (Å²) in [7, 11) is 0. The molecule has 0 aromatic rings. The quantitative estimate of drug-likeness (QED) is 0.377. The van der Waals surface area contributed by atoms with Gasteiger partial charge in [0, 0.05) is 6.42 Å². The highest BCUT2D eigenvalue weighted by atomic mass is 35.5. The lowest BCUT2D eigenvalue weighted by molar-refractivity contribution is -0.111. The zero-order chi connectivity index (χ0) is 14.7. The van der Waals surface area contributed by atoms with Crippen molar-refractivity contribution in [1.82, 2.24) is 0 Å². The first-order valence-electron chi connectivity index (χ1n) is 7.04. The van der Waals surface area contributed by atoms with Crippen molar-refractivity contribution < 1.29 is 4.79 Å². The number of allylic oxidation sites excluding steroid dienone is 6. The number of halogens is 1. The molecule has 0 amide bonds. The zero-order valence-electron chi connectivity index (χ0n) is 12.8. The smallest absolute Gasteiger partial charge is 0.221 e. The zero-order valence-corrected chi connectivity index (χ0v) is 13.5. The Balaban J connectivity index is 3.86. The average molecular weight is 283 g/mol. The van der Waals surface area contributed by atoms with Gasteiger partial charge in [-0.05, 0) is 71.4 Å². The summed E-state index contributed by atoms with van der Waals surface area (Å²) >= 11 is 5.30. The maximum Gasteiger partial charge on any atom is 0.221 e. The van der Waals surface area contributed by atoms with Gasteiger partial charge in [-0.2, -0.15) is 0 Å². The molecule has 0 radical (unpaired) electrons. The molecule has 0 aromatic heterocycles. The predicted octanol–water partition coefficient (Wildman–Crippen LogP) is 5.95. The molecule has 0 rings (SSSR count). The Bertz CT molecular complexity index is 357. The SMILES string of the molecule is CC(C)=CCC/C(C)=C/CC/C(C)=C/CCC(=O)Cl. The Kier molecular flexibility index (Phi) is 10.6. The molecule has 0 bridgehead atoms. The molecule has 0 aliphatic carbocycles. The van der Waals surface area contributed by atoms with Crippen LogP contribution in [0.1, 0.15) is 66.2 Å². The van der Waals surface area contributed by atoms with Gasteiger partial charge in [-0.15, -0.1) is 0 Å². The van der Waals surface area contributed by atoms with E-state index >= 15 is 0 Å². The molecule has 0 spiro atoms. The van der Waals surface area contributed by atoms with E-state index in [0.29, 0.717) is 6.42 Å². The largest absolute Gasteiger partial charge is 0.281 e. The topological polar surface area (TPSA) is 17.1 Å². The highest BCUT2D eigenvalue weighted by Crippen LogP contribution is 2.12. The van der Waals surface area contributed by atoms with E-state index in [2.05, 4.69) is 45.9 Å². The van der Waals surface area contributed by atoms with E-state index in [-0.39, 0.29) is 5.24 Å². The third-order valence-corrected chi connectivity index (χ3v) is 3.15. The van der Waals surface area contributed by atoms with Crippen molar-refractivity contribution in [1.29, 1.82) is 0 Å². The number of hydrogen-bond acceptors (Lipinski definition) is 1. The van der Waals surface area contributed by atoms with Crippen LogP contribution in [-0.2, 0) is 4.79 Å². The Morgan fingerprint density at radius 3 is 1.63 bits per heavy atom. The molecular formula is C17H27ClO. The van der Waals surface area contributed by atoms with Gasteiger partial charge in [-0.25, -0.2) is 0 Å². The highest BCUT2D eigenvalue weighted by Gasteiger charge is 1.95. The van der Waals surface area contributed by atoms with E-state index < -0.39 is 0 Å². The first kappa shape index (κ1) is 18.2. The van der Waals surface area contributed by atoms with Crippen molar-refractivity contribution in [2.75, 3.05) is 0 Å². The van der Waals surface area contributed by atoms with Gasteiger partial charge < -0.3 is 0 Å². The van der Waals surface area contributed by atoms with E-state index in [4.69, 9.17) is 11.6 Å². The molecule has 0 aliphatic rings. The van der Waals surface area contributed by atoms with Gasteiger partial charge in [0.05, 0.1) is 0 Å². The van der Waals surface area contributed by atoms with Crippen LogP contribution >= 0.6 is 11.6 Å². The second-order valence-electron chi connectivity index (χ2n) is 5.35. The van der Waals surface area contributed by atoms with Crippen LogP contribution < -0.4 is 0 Å². The molecule has 0 fully saturated rings.